The van der Waals surface area contributed by atoms with E-state index in [-0.39, 0.29) is 63.3 Å². The molecule has 1 N–H and O–H groups in total. The van der Waals surface area contributed by atoms with E-state index >= 15 is 0 Å². The van der Waals surface area contributed by atoms with Crippen LogP contribution in [0, 0.1) is 62.6 Å². The fourth-order valence-corrected chi connectivity index (χ4v) is 9.73. The molecule has 0 aromatic carbocycles. The maximum absolute atomic E-state index is 14.1. The van der Waals surface area contributed by atoms with E-state index in [0.717, 1.165) is 44.9 Å². The van der Waals surface area contributed by atoms with Crippen LogP contribution in [0.25, 0.3) is 0 Å². The minimum absolute atomic E-state index is 0.00833. The molecule has 3 saturated carbocycles. The number of carbonyl (C=O) groups excluding carboxylic acids is 2. The first-order chi connectivity index (χ1) is 17.3. The molecule has 0 spiro atoms. The Morgan fingerprint density at radius 3 is 2.30 bits per heavy atom. The van der Waals surface area contributed by atoms with E-state index in [1.54, 1.807) is 0 Å². The summed E-state index contributed by atoms with van der Waals surface area (Å²) in [4.78, 5) is 27.3. The Hall–Kier alpha value is -2.09. The summed E-state index contributed by atoms with van der Waals surface area (Å²) in [5.41, 5.74) is 0.764. The molecule has 3 fully saturated rings. The minimum atomic E-state index is -0.550. The summed E-state index contributed by atoms with van der Waals surface area (Å²) in [5.74, 6) is 0.471. The van der Waals surface area contributed by atoms with Crippen molar-refractivity contribution in [2.75, 3.05) is 7.11 Å². The molecule has 0 aliphatic heterocycles. The maximum Gasteiger partial charge on any atom is 0.312 e. The number of methoxy groups -OCH3 is 1. The molecule has 0 amide bonds. The lowest BCUT2D eigenvalue weighted by Gasteiger charge is -2.64. The lowest BCUT2D eigenvalue weighted by atomic mass is 9.39. The van der Waals surface area contributed by atoms with Gasteiger partial charge in [0.05, 0.1) is 24.2 Å². The number of aliphatic hydroxyl groups is 1. The normalized spacial score (nSPS) is 43.9. The van der Waals surface area contributed by atoms with Gasteiger partial charge in [-0.05, 0) is 91.4 Å². The molecule has 5 aliphatic rings. The van der Waals surface area contributed by atoms with Gasteiger partial charge in [-0.15, -0.1) is 0 Å². The predicted octanol–water partition coefficient (Wildman–Crippen LogP) is 7.33. The number of hydrogen-bond acceptors (Lipinski definition) is 5. The molecule has 5 aliphatic carbocycles. The van der Waals surface area contributed by atoms with Crippen LogP contribution in [0.15, 0.2) is 23.0 Å². The van der Waals surface area contributed by atoms with Gasteiger partial charge in [-0.2, -0.15) is 5.26 Å². The number of aliphatic hydroxyl groups excluding tert-OH is 1. The molecule has 5 nitrogen and oxygen atoms in total. The van der Waals surface area contributed by atoms with Crippen LogP contribution in [-0.4, -0.2) is 24.0 Å². The van der Waals surface area contributed by atoms with Gasteiger partial charge in [0.1, 0.15) is 5.76 Å². The van der Waals surface area contributed by atoms with Crippen LogP contribution in [0.4, 0.5) is 0 Å². The molecule has 8 unspecified atom stereocenters. The Balaban J connectivity index is 0.00000156. The SMILES string of the molecule is CC.COC(=O)C12CCC3C(C(=O)C=C4C5(C)CC(C#N)=C(O)C(C)C5CCC43C)C1CC(C)(C)CC2. The molecule has 0 heterocycles. The average Bonchev–Trinajstić information content (AvgIpc) is 2.87. The lowest BCUT2D eigenvalue weighted by molar-refractivity contribution is -0.178. The number of nitrogens with zero attached hydrogens (tertiary/aromatic N) is 1. The molecule has 0 radical (unpaired) electrons. The van der Waals surface area contributed by atoms with Crippen molar-refractivity contribution in [1.82, 2.24) is 0 Å². The summed E-state index contributed by atoms with van der Waals surface area (Å²) < 4.78 is 5.37. The number of rotatable bonds is 1. The number of esters is 1. The van der Waals surface area contributed by atoms with E-state index in [9.17, 15) is 20.0 Å². The topological polar surface area (TPSA) is 87.4 Å². The van der Waals surface area contributed by atoms with Crippen LogP contribution >= 0.6 is 0 Å². The summed E-state index contributed by atoms with van der Waals surface area (Å²) in [6, 6.07) is 2.25. The van der Waals surface area contributed by atoms with E-state index in [1.165, 1.54) is 12.7 Å². The number of carbonyl (C=O) groups is 2. The monoisotopic (exact) mass is 509 g/mol. The van der Waals surface area contributed by atoms with E-state index in [4.69, 9.17) is 4.74 Å². The van der Waals surface area contributed by atoms with Crippen molar-refractivity contribution in [2.45, 2.75) is 99.8 Å². The zero-order chi connectivity index (χ0) is 27.6. The smallest absolute Gasteiger partial charge is 0.312 e. The van der Waals surface area contributed by atoms with Crippen molar-refractivity contribution in [3.8, 4) is 6.07 Å². The second-order valence-electron chi connectivity index (χ2n) is 13.7. The van der Waals surface area contributed by atoms with Gasteiger partial charge in [-0.1, -0.05) is 54.0 Å². The first-order valence-electron chi connectivity index (χ1n) is 14.5. The van der Waals surface area contributed by atoms with Crippen molar-refractivity contribution < 1.29 is 19.4 Å². The summed E-state index contributed by atoms with van der Waals surface area (Å²) in [6.45, 7) is 15.1. The van der Waals surface area contributed by atoms with Gasteiger partial charge < -0.3 is 9.84 Å². The van der Waals surface area contributed by atoms with E-state index in [1.807, 2.05) is 26.8 Å². The van der Waals surface area contributed by atoms with Crippen molar-refractivity contribution in [2.24, 2.45) is 51.2 Å². The molecular formula is C32H47NO4. The summed E-state index contributed by atoms with van der Waals surface area (Å²) in [5, 5.41) is 20.5. The average molecular weight is 510 g/mol. The molecule has 0 saturated heterocycles. The Morgan fingerprint density at radius 2 is 1.68 bits per heavy atom. The third-order valence-electron chi connectivity index (χ3n) is 11.6. The number of ketones is 1. The Labute approximate surface area is 223 Å². The van der Waals surface area contributed by atoms with Gasteiger partial charge in [0, 0.05) is 11.8 Å². The van der Waals surface area contributed by atoms with Crippen molar-refractivity contribution in [3.63, 3.8) is 0 Å². The van der Waals surface area contributed by atoms with Crippen LogP contribution in [0.2, 0.25) is 0 Å². The number of fused-ring (bicyclic) bond motifs is 7. The molecule has 0 aromatic rings. The third kappa shape index (κ3) is 3.83. The zero-order valence-corrected chi connectivity index (χ0v) is 24.2. The largest absolute Gasteiger partial charge is 0.511 e. The standard InChI is InChI=1S/C30H41NO4.C2H6/c1-17-19-7-9-28(4)20-8-10-30(26(34)35-6)12-11-27(2,3)15-21(30)24(20)22(32)13-23(28)29(19,5)14-18(16-31)25(17)33;1-2/h13,17,19-21,24,33H,7-12,14-15H2,1-6H3;1-2H3. The molecule has 8 atom stereocenters. The highest BCUT2D eigenvalue weighted by Gasteiger charge is 2.66. The van der Waals surface area contributed by atoms with E-state index < -0.39 is 5.41 Å². The van der Waals surface area contributed by atoms with E-state index in [0.29, 0.717) is 12.0 Å². The Bertz CT molecular complexity index is 1080. The van der Waals surface area contributed by atoms with Gasteiger partial charge in [-0.25, -0.2) is 0 Å². The molecular weight excluding hydrogens is 462 g/mol. The van der Waals surface area contributed by atoms with Crippen LogP contribution in [0.3, 0.4) is 0 Å². The van der Waals surface area contributed by atoms with Crippen LogP contribution in [0.1, 0.15) is 99.8 Å². The van der Waals surface area contributed by atoms with Gasteiger partial charge in [0.25, 0.3) is 0 Å². The maximum atomic E-state index is 14.1. The second-order valence-corrected chi connectivity index (χ2v) is 13.7. The van der Waals surface area contributed by atoms with Crippen molar-refractivity contribution >= 4 is 11.8 Å². The molecule has 0 bridgehead atoms. The van der Waals surface area contributed by atoms with Gasteiger partial charge in [0.2, 0.25) is 0 Å². The van der Waals surface area contributed by atoms with Crippen LogP contribution in [0.5, 0.6) is 0 Å². The molecule has 0 aromatic heterocycles. The van der Waals surface area contributed by atoms with Gasteiger partial charge in [-0.3, -0.25) is 9.59 Å². The van der Waals surface area contributed by atoms with Gasteiger partial charge in [0.15, 0.2) is 5.78 Å². The molecule has 37 heavy (non-hydrogen) atoms. The quantitative estimate of drug-likeness (QED) is 0.374. The minimum Gasteiger partial charge on any atom is -0.511 e. The molecule has 5 heteroatoms. The summed E-state index contributed by atoms with van der Waals surface area (Å²) in [7, 11) is 1.49. The lowest BCUT2D eigenvalue weighted by Crippen LogP contribution is -2.61. The number of hydrogen-bond donors (Lipinski definition) is 1. The van der Waals surface area contributed by atoms with Crippen LogP contribution < -0.4 is 0 Å². The van der Waals surface area contributed by atoms with Crippen molar-refractivity contribution in [1.29, 1.82) is 5.26 Å². The molecule has 204 valence electrons. The Morgan fingerprint density at radius 1 is 1.03 bits per heavy atom. The predicted molar refractivity (Wildman–Crippen MR) is 144 cm³/mol. The first kappa shape index (κ1) is 27.9. The highest BCUT2D eigenvalue weighted by Crippen LogP contribution is 2.70. The fourth-order valence-electron chi connectivity index (χ4n) is 9.73. The highest BCUT2D eigenvalue weighted by molar-refractivity contribution is 5.95. The summed E-state index contributed by atoms with van der Waals surface area (Å²) >= 11 is 0. The molecule has 5 rings (SSSR count). The first-order valence-corrected chi connectivity index (χ1v) is 14.5. The zero-order valence-electron chi connectivity index (χ0n) is 24.2. The van der Waals surface area contributed by atoms with Crippen molar-refractivity contribution in [3.05, 3.63) is 23.0 Å². The third-order valence-corrected chi connectivity index (χ3v) is 11.6. The fraction of sp³-hybridized carbons (Fsp3) is 0.781. The summed E-state index contributed by atoms with van der Waals surface area (Å²) in [6.07, 6.45) is 8.70. The number of allylic oxidation sites excluding steroid dienone is 4. The number of ether oxygens (including phenoxy) is 1. The second kappa shape index (κ2) is 9.28. The number of nitriles is 1. The van der Waals surface area contributed by atoms with Gasteiger partial charge >= 0.3 is 5.97 Å². The van der Waals surface area contributed by atoms with Crippen LogP contribution in [-0.2, 0) is 14.3 Å². The van der Waals surface area contributed by atoms with E-state index in [2.05, 4.69) is 33.8 Å². The Kier molecular flexibility index (Phi) is 7.01. The highest BCUT2D eigenvalue weighted by atomic mass is 16.5.